The Kier molecular flexibility index (Phi) is 5.49. The van der Waals surface area contributed by atoms with Crippen LogP contribution in [0.15, 0.2) is 62.6 Å². The monoisotopic (exact) mass is 503 g/mol. The van der Waals surface area contributed by atoms with Gasteiger partial charge >= 0.3 is 5.69 Å². The van der Waals surface area contributed by atoms with E-state index in [2.05, 4.69) is 26.2 Å². The topological polar surface area (TPSA) is 73.8 Å². The van der Waals surface area contributed by atoms with Gasteiger partial charge in [0.05, 0.1) is 6.54 Å². The quantitative estimate of drug-likeness (QED) is 0.444. The first-order valence-corrected chi connectivity index (χ1v) is 10.5. The van der Waals surface area contributed by atoms with Gasteiger partial charge in [0.15, 0.2) is 11.2 Å². The fourth-order valence-electron chi connectivity index (χ4n) is 3.51. The van der Waals surface area contributed by atoms with Crippen LogP contribution in [0.2, 0.25) is 0 Å². The van der Waals surface area contributed by atoms with Crippen molar-refractivity contribution in [1.82, 2.24) is 18.7 Å². The Hall–Kier alpha value is -3.27. The SMILES string of the molecule is Cn1c(=O)c2c(nc(Nc3cccc(C(C)(F)F)c3)n2Cc2cccc(Br)c2)n(C)c1=O. The summed E-state index contributed by atoms with van der Waals surface area (Å²) in [5.41, 5.74) is 0.548. The molecule has 166 valence electrons. The molecule has 4 aromatic rings. The zero-order valence-corrected chi connectivity index (χ0v) is 19.2. The lowest BCUT2D eigenvalue weighted by Gasteiger charge is -2.14. The van der Waals surface area contributed by atoms with E-state index in [0.29, 0.717) is 5.69 Å². The molecule has 0 spiro atoms. The molecule has 0 radical (unpaired) electrons. The Bertz CT molecular complexity index is 1450. The highest BCUT2D eigenvalue weighted by Crippen LogP contribution is 2.30. The first kappa shape index (κ1) is 21.9. The van der Waals surface area contributed by atoms with E-state index in [1.54, 1.807) is 10.6 Å². The Balaban J connectivity index is 1.92. The van der Waals surface area contributed by atoms with E-state index in [4.69, 9.17) is 0 Å². The fourth-order valence-corrected chi connectivity index (χ4v) is 3.96. The number of benzene rings is 2. The summed E-state index contributed by atoms with van der Waals surface area (Å²) in [6.07, 6.45) is 0. The summed E-state index contributed by atoms with van der Waals surface area (Å²) < 4.78 is 32.4. The summed E-state index contributed by atoms with van der Waals surface area (Å²) in [6.45, 7) is 1.10. The minimum atomic E-state index is -3.01. The number of nitrogens with one attached hydrogen (secondary N) is 1. The van der Waals surface area contributed by atoms with Crippen LogP contribution >= 0.6 is 15.9 Å². The van der Waals surface area contributed by atoms with Gasteiger partial charge in [0.2, 0.25) is 5.95 Å². The number of halogens is 3. The van der Waals surface area contributed by atoms with Crippen LogP contribution in [-0.4, -0.2) is 18.7 Å². The van der Waals surface area contributed by atoms with E-state index < -0.39 is 17.2 Å². The maximum Gasteiger partial charge on any atom is 0.332 e. The number of hydrogen-bond donors (Lipinski definition) is 1. The van der Waals surface area contributed by atoms with Crippen molar-refractivity contribution in [2.45, 2.75) is 19.4 Å². The summed E-state index contributed by atoms with van der Waals surface area (Å²) >= 11 is 3.44. The van der Waals surface area contributed by atoms with Crippen LogP contribution in [-0.2, 0) is 26.6 Å². The lowest BCUT2D eigenvalue weighted by molar-refractivity contribution is 0.0175. The maximum atomic E-state index is 13.8. The Morgan fingerprint density at radius 3 is 2.47 bits per heavy atom. The maximum absolute atomic E-state index is 13.8. The molecule has 0 amide bonds. The number of fused-ring (bicyclic) bond motifs is 1. The molecule has 0 saturated heterocycles. The molecule has 0 aliphatic heterocycles. The molecule has 0 bridgehead atoms. The minimum absolute atomic E-state index is 0.152. The predicted octanol–water partition coefficient (Wildman–Crippen LogP) is 4.10. The van der Waals surface area contributed by atoms with E-state index in [0.717, 1.165) is 21.5 Å². The molecule has 0 aliphatic rings. The summed E-state index contributed by atoms with van der Waals surface area (Å²) in [4.78, 5) is 29.9. The Morgan fingerprint density at radius 2 is 1.78 bits per heavy atom. The molecule has 1 N–H and O–H groups in total. The third kappa shape index (κ3) is 3.97. The summed E-state index contributed by atoms with van der Waals surface area (Å²) in [6, 6.07) is 13.4. The van der Waals surface area contributed by atoms with E-state index >= 15 is 0 Å². The normalized spacial score (nSPS) is 11.8. The van der Waals surface area contributed by atoms with Crippen LogP contribution in [0.5, 0.6) is 0 Å². The highest BCUT2D eigenvalue weighted by molar-refractivity contribution is 9.10. The largest absolute Gasteiger partial charge is 0.332 e. The standard InChI is InChI=1S/C22H20BrF2N5O2/c1-22(24,25)14-7-5-9-16(11-14)26-20-27-18-17(19(31)29(3)21(32)28(18)2)30(20)12-13-6-4-8-15(23)10-13/h4-11H,12H2,1-3H3,(H,26,27). The lowest BCUT2D eigenvalue weighted by atomic mass is 10.1. The van der Waals surface area contributed by atoms with E-state index in [1.165, 1.54) is 36.9 Å². The molecule has 7 nitrogen and oxygen atoms in total. The van der Waals surface area contributed by atoms with Crippen molar-refractivity contribution in [2.24, 2.45) is 14.1 Å². The van der Waals surface area contributed by atoms with Gasteiger partial charge in [0.25, 0.3) is 11.5 Å². The van der Waals surface area contributed by atoms with Gasteiger partial charge in [0.1, 0.15) is 0 Å². The highest BCUT2D eigenvalue weighted by atomic mass is 79.9. The van der Waals surface area contributed by atoms with Crippen molar-refractivity contribution < 1.29 is 8.78 Å². The first-order chi connectivity index (χ1) is 15.1. The predicted molar refractivity (Wildman–Crippen MR) is 123 cm³/mol. The van der Waals surface area contributed by atoms with Crippen molar-refractivity contribution in [1.29, 1.82) is 0 Å². The molecule has 0 saturated carbocycles. The van der Waals surface area contributed by atoms with Crippen molar-refractivity contribution >= 4 is 38.7 Å². The van der Waals surface area contributed by atoms with Gasteiger partial charge in [-0.15, -0.1) is 0 Å². The van der Waals surface area contributed by atoms with Crippen LogP contribution in [0.3, 0.4) is 0 Å². The minimum Gasteiger partial charge on any atom is -0.326 e. The number of aryl methyl sites for hydroxylation is 1. The zero-order valence-electron chi connectivity index (χ0n) is 17.6. The van der Waals surface area contributed by atoms with Crippen LogP contribution < -0.4 is 16.6 Å². The summed E-state index contributed by atoms with van der Waals surface area (Å²) in [5.74, 6) is -2.75. The average Bonchev–Trinajstić information content (AvgIpc) is 3.08. The molecule has 0 aliphatic carbocycles. The van der Waals surface area contributed by atoms with Crippen LogP contribution in [0.1, 0.15) is 18.1 Å². The molecule has 10 heteroatoms. The smallest absolute Gasteiger partial charge is 0.326 e. The summed E-state index contributed by atoms with van der Waals surface area (Å²) in [5, 5.41) is 3.05. The van der Waals surface area contributed by atoms with Gasteiger partial charge in [-0.05, 0) is 29.8 Å². The third-order valence-corrected chi connectivity index (χ3v) is 5.70. The number of alkyl halides is 2. The number of rotatable bonds is 5. The third-order valence-electron chi connectivity index (χ3n) is 5.20. The molecule has 2 aromatic carbocycles. The molecular weight excluding hydrogens is 484 g/mol. The molecule has 4 rings (SSSR count). The van der Waals surface area contributed by atoms with Crippen molar-refractivity contribution in [3.8, 4) is 0 Å². The van der Waals surface area contributed by atoms with Crippen LogP contribution in [0, 0.1) is 0 Å². The number of nitrogens with zero attached hydrogens (tertiary/aromatic N) is 4. The van der Waals surface area contributed by atoms with Gasteiger partial charge in [0, 0.05) is 36.7 Å². The number of aromatic nitrogens is 4. The second-order valence-electron chi connectivity index (χ2n) is 7.62. The van der Waals surface area contributed by atoms with E-state index in [9.17, 15) is 18.4 Å². The van der Waals surface area contributed by atoms with E-state index in [-0.39, 0.29) is 29.2 Å². The van der Waals surface area contributed by atoms with Gasteiger partial charge in [-0.3, -0.25) is 18.5 Å². The van der Waals surface area contributed by atoms with Gasteiger partial charge < -0.3 is 5.32 Å². The average molecular weight is 504 g/mol. The zero-order chi connectivity index (χ0) is 23.2. The van der Waals surface area contributed by atoms with Crippen LogP contribution in [0.4, 0.5) is 20.4 Å². The highest BCUT2D eigenvalue weighted by Gasteiger charge is 2.25. The first-order valence-electron chi connectivity index (χ1n) is 9.72. The molecule has 2 aromatic heterocycles. The van der Waals surface area contributed by atoms with Crippen molar-refractivity contribution in [3.05, 3.63) is 85.0 Å². The Labute approximate surface area is 190 Å². The molecule has 0 fully saturated rings. The lowest BCUT2D eigenvalue weighted by Crippen LogP contribution is -2.37. The van der Waals surface area contributed by atoms with Gasteiger partial charge in [-0.1, -0.05) is 40.2 Å². The summed E-state index contributed by atoms with van der Waals surface area (Å²) in [7, 11) is 2.93. The Morgan fingerprint density at radius 1 is 1.06 bits per heavy atom. The van der Waals surface area contributed by atoms with Gasteiger partial charge in [-0.2, -0.15) is 4.98 Å². The van der Waals surface area contributed by atoms with E-state index in [1.807, 2.05) is 24.3 Å². The molecule has 0 atom stereocenters. The number of hydrogen-bond acceptors (Lipinski definition) is 4. The fraction of sp³-hybridized carbons (Fsp3) is 0.227. The molecular formula is C22H20BrF2N5O2. The van der Waals surface area contributed by atoms with Crippen molar-refractivity contribution in [2.75, 3.05) is 5.32 Å². The second-order valence-corrected chi connectivity index (χ2v) is 8.54. The van der Waals surface area contributed by atoms with Crippen molar-refractivity contribution in [3.63, 3.8) is 0 Å². The van der Waals surface area contributed by atoms with Gasteiger partial charge in [-0.25, -0.2) is 13.6 Å². The molecule has 0 unspecified atom stereocenters. The number of imidazole rings is 1. The number of anilines is 2. The van der Waals surface area contributed by atoms with Crippen LogP contribution in [0.25, 0.3) is 11.2 Å². The molecule has 2 heterocycles. The molecule has 32 heavy (non-hydrogen) atoms. The second kappa shape index (κ2) is 8.01.